The second-order valence-electron chi connectivity index (χ2n) is 4.91. The molecule has 0 saturated carbocycles. The molecular formula is C14H10F5NO. The lowest BCUT2D eigenvalue weighted by atomic mass is 9.95. The fourth-order valence-corrected chi connectivity index (χ4v) is 2.68. The molecule has 1 aliphatic carbocycles. The number of rotatable bonds is 1. The van der Waals surface area contributed by atoms with Crippen LogP contribution in [0.15, 0.2) is 12.3 Å². The first kappa shape index (κ1) is 14.1. The molecule has 0 spiro atoms. The van der Waals surface area contributed by atoms with E-state index in [9.17, 15) is 27.1 Å². The maximum Gasteiger partial charge on any atom is 0.200 e. The normalized spacial score (nSPS) is 17.9. The summed E-state index contributed by atoms with van der Waals surface area (Å²) in [5.41, 5.74) is -0.205. The number of benzene rings is 1. The molecule has 1 aromatic carbocycles. The third kappa shape index (κ3) is 1.95. The van der Waals surface area contributed by atoms with Crippen molar-refractivity contribution in [2.24, 2.45) is 0 Å². The first-order chi connectivity index (χ1) is 9.93. The third-order valence-corrected chi connectivity index (χ3v) is 3.70. The van der Waals surface area contributed by atoms with Gasteiger partial charge in [-0.15, -0.1) is 0 Å². The highest BCUT2D eigenvalue weighted by molar-refractivity contribution is 5.43. The topological polar surface area (TPSA) is 25.2 Å². The zero-order chi connectivity index (χ0) is 15.3. The number of aliphatic hydroxyl groups excluding tert-OH is 1. The average molecular weight is 303 g/mol. The molecule has 1 N–H and O–H groups in total. The van der Waals surface area contributed by atoms with Crippen LogP contribution in [0.2, 0.25) is 0 Å². The van der Waals surface area contributed by atoms with Crippen molar-refractivity contribution in [3.8, 4) is 5.69 Å². The molecule has 0 amide bonds. The molecule has 1 heterocycles. The van der Waals surface area contributed by atoms with Gasteiger partial charge < -0.3 is 9.67 Å². The van der Waals surface area contributed by atoms with E-state index < -0.39 is 40.9 Å². The quantitative estimate of drug-likeness (QED) is 0.486. The molecule has 0 radical (unpaired) electrons. The molecule has 1 aromatic heterocycles. The van der Waals surface area contributed by atoms with Crippen molar-refractivity contribution in [1.82, 2.24) is 4.57 Å². The molecule has 21 heavy (non-hydrogen) atoms. The Morgan fingerprint density at radius 1 is 0.952 bits per heavy atom. The van der Waals surface area contributed by atoms with Crippen molar-refractivity contribution < 1.29 is 27.1 Å². The molecule has 0 bridgehead atoms. The lowest BCUT2D eigenvalue weighted by Gasteiger charge is -2.20. The summed E-state index contributed by atoms with van der Waals surface area (Å²) in [6, 6.07) is 1.43. The van der Waals surface area contributed by atoms with Crippen LogP contribution in [0.25, 0.3) is 5.69 Å². The Morgan fingerprint density at radius 2 is 1.52 bits per heavy atom. The summed E-state index contributed by atoms with van der Waals surface area (Å²) in [6.45, 7) is 0. The number of aliphatic hydroxyl groups is 1. The van der Waals surface area contributed by atoms with E-state index >= 15 is 0 Å². The Kier molecular flexibility index (Phi) is 3.24. The predicted octanol–water partition coefficient (Wildman–Crippen LogP) is 3.54. The highest BCUT2D eigenvalue weighted by atomic mass is 19.2. The Labute approximate surface area is 116 Å². The van der Waals surface area contributed by atoms with E-state index in [1.54, 1.807) is 0 Å². The Hall–Kier alpha value is -1.89. The summed E-state index contributed by atoms with van der Waals surface area (Å²) >= 11 is 0. The van der Waals surface area contributed by atoms with Gasteiger partial charge in [0, 0.05) is 17.5 Å². The van der Waals surface area contributed by atoms with E-state index in [1.165, 1.54) is 12.3 Å². The zero-order valence-corrected chi connectivity index (χ0v) is 10.6. The fourth-order valence-electron chi connectivity index (χ4n) is 2.68. The van der Waals surface area contributed by atoms with Crippen LogP contribution in [-0.4, -0.2) is 9.67 Å². The van der Waals surface area contributed by atoms with Crippen LogP contribution >= 0.6 is 0 Å². The third-order valence-electron chi connectivity index (χ3n) is 3.70. The summed E-state index contributed by atoms with van der Waals surface area (Å²) in [6.07, 6.45) is 1.86. The molecule has 112 valence electrons. The van der Waals surface area contributed by atoms with Gasteiger partial charge in [0.15, 0.2) is 23.3 Å². The minimum absolute atomic E-state index is 0.358. The first-order valence-corrected chi connectivity index (χ1v) is 6.33. The average Bonchev–Trinajstić information content (AvgIpc) is 2.89. The molecule has 1 atom stereocenters. The molecule has 1 unspecified atom stereocenters. The smallest absolute Gasteiger partial charge is 0.200 e. The maximum absolute atomic E-state index is 13.8. The largest absolute Gasteiger partial charge is 0.388 e. The van der Waals surface area contributed by atoms with Crippen LogP contribution in [0.4, 0.5) is 22.0 Å². The van der Waals surface area contributed by atoms with Crippen LogP contribution < -0.4 is 0 Å². The van der Waals surface area contributed by atoms with Gasteiger partial charge in [-0.05, 0) is 25.3 Å². The van der Waals surface area contributed by atoms with E-state index in [4.69, 9.17) is 0 Å². The van der Waals surface area contributed by atoms with Crippen LogP contribution in [0.5, 0.6) is 0 Å². The molecule has 7 heteroatoms. The van der Waals surface area contributed by atoms with E-state index in [-0.39, 0.29) is 0 Å². The standard InChI is InChI=1S/C14H10F5NO/c15-9-10(16)12(18)14(13(19)11(9)17)20-5-4-6-7(20)2-1-3-8(6)21/h4-5,8,21H,1-3H2. The zero-order valence-electron chi connectivity index (χ0n) is 10.6. The van der Waals surface area contributed by atoms with Gasteiger partial charge in [0.25, 0.3) is 0 Å². The number of fused-ring (bicyclic) bond motifs is 1. The molecule has 1 aliphatic rings. The van der Waals surface area contributed by atoms with Gasteiger partial charge in [0.1, 0.15) is 5.69 Å². The SMILES string of the molecule is OC1CCCc2c1ccn2-c1c(F)c(F)c(F)c(F)c1F. The molecule has 3 rings (SSSR count). The lowest BCUT2D eigenvalue weighted by Crippen LogP contribution is -2.15. The lowest BCUT2D eigenvalue weighted by molar-refractivity contribution is 0.156. The van der Waals surface area contributed by atoms with Gasteiger partial charge in [-0.25, -0.2) is 22.0 Å². The highest BCUT2D eigenvalue weighted by Gasteiger charge is 2.30. The van der Waals surface area contributed by atoms with Crippen molar-refractivity contribution >= 4 is 0 Å². The summed E-state index contributed by atoms with van der Waals surface area (Å²) in [7, 11) is 0. The number of hydrogen-bond donors (Lipinski definition) is 1. The summed E-state index contributed by atoms with van der Waals surface area (Å²) in [5, 5.41) is 9.80. The van der Waals surface area contributed by atoms with Crippen molar-refractivity contribution in [3.05, 3.63) is 52.6 Å². The van der Waals surface area contributed by atoms with Crippen molar-refractivity contribution in [2.45, 2.75) is 25.4 Å². The number of halogens is 5. The monoisotopic (exact) mass is 303 g/mol. The summed E-state index contributed by atoms with van der Waals surface area (Å²) in [4.78, 5) is 0. The van der Waals surface area contributed by atoms with Crippen LogP contribution in [0.1, 0.15) is 30.2 Å². The second kappa shape index (κ2) is 4.84. The minimum Gasteiger partial charge on any atom is -0.388 e. The highest BCUT2D eigenvalue weighted by Crippen LogP contribution is 2.34. The van der Waals surface area contributed by atoms with Crippen LogP contribution in [0.3, 0.4) is 0 Å². The van der Waals surface area contributed by atoms with Crippen molar-refractivity contribution in [3.63, 3.8) is 0 Å². The summed E-state index contributed by atoms with van der Waals surface area (Å²) in [5.74, 6) is -9.92. The molecule has 0 fully saturated rings. The molecular weight excluding hydrogens is 293 g/mol. The van der Waals surface area contributed by atoms with Crippen molar-refractivity contribution in [1.29, 1.82) is 0 Å². The van der Waals surface area contributed by atoms with Gasteiger partial charge in [0.2, 0.25) is 5.82 Å². The number of aromatic nitrogens is 1. The van der Waals surface area contributed by atoms with E-state index in [0.717, 1.165) is 4.57 Å². The van der Waals surface area contributed by atoms with E-state index in [1.807, 2.05) is 0 Å². The van der Waals surface area contributed by atoms with Gasteiger partial charge >= 0.3 is 0 Å². The molecule has 2 nitrogen and oxygen atoms in total. The molecule has 2 aromatic rings. The summed E-state index contributed by atoms with van der Waals surface area (Å²) < 4.78 is 68.2. The maximum atomic E-state index is 13.8. The number of hydrogen-bond acceptors (Lipinski definition) is 1. The minimum atomic E-state index is -2.19. The van der Waals surface area contributed by atoms with Gasteiger partial charge in [0.05, 0.1) is 6.10 Å². The number of nitrogens with zero attached hydrogens (tertiary/aromatic N) is 1. The van der Waals surface area contributed by atoms with Gasteiger partial charge in [-0.1, -0.05) is 0 Å². The first-order valence-electron chi connectivity index (χ1n) is 6.33. The van der Waals surface area contributed by atoms with Crippen LogP contribution in [-0.2, 0) is 6.42 Å². The Bertz CT molecular complexity index is 696. The Morgan fingerprint density at radius 3 is 2.14 bits per heavy atom. The van der Waals surface area contributed by atoms with Crippen LogP contribution in [0, 0.1) is 29.1 Å². The fraction of sp³-hybridized carbons (Fsp3) is 0.286. The van der Waals surface area contributed by atoms with Gasteiger partial charge in [-0.2, -0.15) is 0 Å². The molecule has 0 aliphatic heterocycles. The van der Waals surface area contributed by atoms with Crippen molar-refractivity contribution in [2.75, 3.05) is 0 Å². The van der Waals surface area contributed by atoms with Gasteiger partial charge in [-0.3, -0.25) is 0 Å². The van der Waals surface area contributed by atoms with E-state index in [2.05, 4.69) is 0 Å². The second-order valence-corrected chi connectivity index (χ2v) is 4.91. The molecule has 0 saturated heterocycles. The van der Waals surface area contributed by atoms with E-state index in [0.29, 0.717) is 30.5 Å². The predicted molar refractivity (Wildman–Crippen MR) is 63.5 cm³/mol. The Balaban J connectivity index is 2.28.